The molecule has 1 aromatic heterocycles. The first-order valence-electron chi connectivity index (χ1n) is 7.15. The van der Waals surface area contributed by atoms with Crippen LogP contribution in [0.3, 0.4) is 0 Å². The van der Waals surface area contributed by atoms with E-state index in [-0.39, 0.29) is 5.91 Å². The lowest BCUT2D eigenvalue weighted by Gasteiger charge is -2.05. The third-order valence-corrected chi connectivity index (χ3v) is 3.09. The van der Waals surface area contributed by atoms with E-state index >= 15 is 0 Å². The third kappa shape index (κ3) is 4.34. The van der Waals surface area contributed by atoms with E-state index in [0.29, 0.717) is 24.8 Å². The van der Waals surface area contributed by atoms with E-state index in [2.05, 4.69) is 29.4 Å². The van der Waals surface area contributed by atoms with Crippen LogP contribution in [0, 0.1) is 0 Å². The maximum absolute atomic E-state index is 12.0. The molecule has 0 unspecified atom stereocenters. The molecule has 0 spiro atoms. The van der Waals surface area contributed by atoms with Crippen LogP contribution < -0.4 is 10.1 Å². The summed E-state index contributed by atoms with van der Waals surface area (Å²) >= 11 is 0. The Morgan fingerprint density at radius 3 is 2.62 bits per heavy atom. The molecule has 5 nitrogen and oxygen atoms in total. The zero-order valence-electron chi connectivity index (χ0n) is 12.6. The first-order valence-corrected chi connectivity index (χ1v) is 7.15. The van der Waals surface area contributed by atoms with Crippen LogP contribution in [0.15, 0.2) is 30.3 Å². The molecule has 0 aliphatic carbocycles. The highest BCUT2D eigenvalue weighted by Gasteiger charge is 2.09. The maximum Gasteiger partial charge on any atom is 0.229 e. The molecular formula is C16H21N3O2. The molecule has 2 aromatic rings. The minimum absolute atomic E-state index is 0.0824. The predicted molar refractivity (Wildman–Crippen MR) is 82.6 cm³/mol. The van der Waals surface area contributed by atoms with E-state index in [4.69, 9.17) is 4.74 Å². The molecule has 0 atom stereocenters. The van der Waals surface area contributed by atoms with Gasteiger partial charge in [-0.1, -0.05) is 26.0 Å². The van der Waals surface area contributed by atoms with E-state index in [9.17, 15) is 4.79 Å². The number of H-pyrrole nitrogens is 1. The molecule has 0 radical (unpaired) electrons. The number of hydrogen-bond donors (Lipinski definition) is 2. The lowest BCUT2D eigenvalue weighted by Crippen LogP contribution is -2.14. The molecule has 2 rings (SSSR count). The Bertz CT molecular complexity index is 588. The Labute approximate surface area is 124 Å². The van der Waals surface area contributed by atoms with Crippen molar-refractivity contribution >= 4 is 11.7 Å². The molecule has 0 aliphatic heterocycles. The van der Waals surface area contributed by atoms with E-state index in [1.807, 2.05) is 37.3 Å². The average Bonchev–Trinajstić information content (AvgIpc) is 2.90. The molecule has 0 fully saturated rings. The van der Waals surface area contributed by atoms with Gasteiger partial charge in [-0.05, 0) is 30.5 Å². The van der Waals surface area contributed by atoms with Crippen LogP contribution in [0.4, 0.5) is 5.82 Å². The second kappa shape index (κ2) is 6.92. The van der Waals surface area contributed by atoms with Gasteiger partial charge in [0.1, 0.15) is 5.75 Å². The molecule has 0 saturated heterocycles. The zero-order chi connectivity index (χ0) is 15.2. The van der Waals surface area contributed by atoms with Gasteiger partial charge in [-0.2, -0.15) is 5.10 Å². The van der Waals surface area contributed by atoms with E-state index < -0.39 is 0 Å². The lowest BCUT2D eigenvalue weighted by molar-refractivity contribution is -0.115. The highest BCUT2D eigenvalue weighted by molar-refractivity contribution is 5.91. The summed E-state index contributed by atoms with van der Waals surface area (Å²) in [4.78, 5) is 12.0. The Morgan fingerprint density at radius 2 is 2.05 bits per heavy atom. The van der Waals surface area contributed by atoms with Crippen LogP contribution in [-0.4, -0.2) is 22.7 Å². The van der Waals surface area contributed by atoms with Gasteiger partial charge in [-0.3, -0.25) is 9.89 Å². The quantitative estimate of drug-likeness (QED) is 0.857. The van der Waals surface area contributed by atoms with Crippen molar-refractivity contribution in [1.82, 2.24) is 10.2 Å². The monoisotopic (exact) mass is 287 g/mol. The predicted octanol–water partition coefficient (Wildman–Crippen LogP) is 3.11. The van der Waals surface area contributed by atoms with Crippen LogP contribution >= 0.6 is 0 Å². The Hall–Kier alpha value is -2.30. The van der Waals surface area contributed by atoms with E-state index in [0.717, 1.165) is 17.0 Å². The summed E-state index contributed by atoms with van der Waals surface area (Å²) in [5.74, 6) is 1.65. The zero-order valence-corrected chi connectivity index (χ0v) is 12.6. The summed E-state index contributed by atoms with van der Waals surface area (Å²) in [7, 11) is 0. The molecule has 21 heavy (non-hydrogen) atoms. The van der Waals surface area contributed by atoms with Crippen LogP contribution in [-0.2, 0) is 11.2 Å². The molecule has 0 aliphatic rings. The van der Waals surface area contributed by atoms with Gasteiger partial charge < -0.3 is 10.1 Å². The number of hydrogen-bond acceptors (Lipinski definition) is 3. The highest BCUT2D eigenvalue weighted by Crippen LogP contribution is 2.16. The molecule has 1 heterocycles. The highest BCUT2D eigenvalue weighted by atomic mass is 16.5. The number of carbonyl (C=O) groups is 1. The minimum atomic E-state index is -0.0824. The molecule has 0 bridgehead atoms. The summed E-state index contributed by atoms with van der Waals surface area (Å²) in [6.45, 7) is 6.71. The Morgan fingerprint density at radius 1 is 1.33 bits per heavy atom. The number of ether oxygens (including phenoxy) is 1. The molecule has 112 valence electrons. The van der Waals surface area contributed by atoms with Crippen LogP contribution in [0.5, 0.6) is 5.75 Å². The Balaban J connectivity index is 1.91. The fourth-order valence-corrected chi connectivity index (χ4v) is 1.94. The number of anilines is 1. The Kier molecular flexibility index (Phi) is 4.98. The summed E-state index contributed by atoms with van der Waals surface area (Å²) in [5.41, 5.74) is 1.95. The largest absolute Gasteiger partial charge is 0.494 e. The van der Waals surface area contributed by atoms with Crippen molar-refractivity contribution in [2.75, 3.05) is 11.9 Å². The molecule has 1 amide bonds. The smallest absolute Gasteiger partial charge is 0.229 e. The fourth-order valence-electron chi connectivity index (χ4n) is 1.94. The van der Waals surface area contributed by atoms with E-state index in [1.165, 1.54) is 0 Å². The number of benzene rings is 1. The molecule has 5 heteroatoms. The number of rotatable bonds is 6. The van der Waals surface area contributed by atoms with Crippen LogP contribution in [0.1, 0.15) is 37.9 Å². The summed E-state index contributed by atoms with van der Waals surface area (Å²) in [6.07, 6.45) is 0.316. The van der Waals surface area contributed by atoms with Crippen molar-refractivity contribution in [2.45, 2.75) is 33.1 Å². The third-order valence-electron chi connectivity index (χ3n) is 3.09. The van der Waals surface area contributed by atoms with Crippen LogP contribution in [0.25, 0.3) is 0 Å². The fraction of sp³-hybridized carbons (Fsp3) is 0.375. The maximum atomic E-state index is 12.0. The summed E-state index contributed by atoms with van der Waals surface area (Å²) in [6, 6.07) is 9.40. The van der Waals surface area contributed by atoms with Crippen molar-refractivity contribution in [2.24, 2.45) is 0 Å². The van der Waals surface area contributed by atoms with Gasteiger partial charge in [-0.25, -0.2) is 0 Å². The standard InChI is InChI=1S/C16H21N3O2/c1-4-21-13-7-5-12(6-8-13)9-16(20)17-15-10-14(11(2)3)18-19-15/h5-8,10-11H,4,9H2,1-3H3,(H2,17,18,19,20). The minimum Gasteiger partial charge on any atom is -0.494 e. The summed E-state index contributed by atoms with van der Waals surface area (Å²) in [5, 5.41) is 9.79. The molecule has 2 N–H and O–H groups in total. The van der Waals surface area contributed by atoms with Crippen molar-refractivity contribution in [3.05, 3.63) is 41.6 Å². The van der Waals surface area contributed by atoms with Gasteiger partial charge in [0, 0.05) is 11.8 Å². The van der Waals surface area contributed by atoms with Gasteiger partial charge in [-0.15, -0.1) is 0 Å². The lowest BCUT2D eigenvalue weighted by atomic mass is 10.1. The molecule has 0 saturated carbocycles. The van der Waals surface area contributed by atoms with Crippen molar-refractivity contribution in [3.63, 3.8) is 0 Å². The number of nitrogens with one attached hydrogen (secondary N) is 2. The van der Waals surface area contributed by atoms with Crippen LogP contribution in [0.2, 0.25) is 0 Å². The second-order valence-electron chi connectivity index (χ2n) is 5.17. The van der Waals surface area contributed by atoms with Gasteiger partial charge in [0.15, 0.2) is 5.82 Å². The SMILES string of the molecule is CCOc1ccc(CC(=O)Nc2cc(C(C)C)[nH]n2)cc1. The van der Waals surface area contributed by atoms with Gasteiger partial charge in [0.05, 0.1) is 13.0 Å². The number of amides is 1. The average molecular weight is 287 g/mol. The van der Waals surface area contributed by atoms with Crippen molar-refractivity contribution in [3.8, 4) is 5.75 Å². The van der Waals surface area contributed by atoms with E-state index in [1.54, 1.807) is 0 Å². The van der Waals surface area contributed by atoms with Gasteiger partial charge >= 0.3 is 0 Å². The number of aromatic nitrogens is 2. The number of nitrogens with zero attached hydrogens (tertiary/aromatic N) is 1. The molecule has 1 aromatic carbocycles. The molecular weight excluding hydrogens is 266 g/mol. The normalized spacial score (nSPS) is 10.7. The topological polar surface area (TPSA) is 67.0 Å². The summed E-state index contributed by atoms with van der Waals surface area (Å²) < 4.78 is 5.37. The first kappa shape index (κ1) is 15.1. The second-order valence-corrected chi connectivity index (χ2v) is 5.17. The number of aromatic amines is 1. The first-order chi connectivity index (χ1) is 10.1. The van der Waals surface area contributed by atoms with Gasteiger partial charge in [0.25, 0.3) is 0 Å². The van der Waals surface area contributed by atoms with Crippen molar-refractivity contribution < 1.29 is 9.53 Å². The van der Waals surface area contributed by atoms with Gasteiger partial charge in [0.2, 0.25) is 5.91 Å². The number of carbonyl (C=O) groups excluding carboxylic acids is 1. The van der Waals surface area contributed by atoms with Crippen molar-refractivity contribution in [1.29, 1.82) is 0 Å².